The van der Waals surface area contributed by atoms with Gasteiger partial charge in [0.15, 0.2) is 11.7 Å². The van der Waals surface area contributed by atoms with Gasteiger partial charge >= 0.3 is 12.2 Å². The van der Waals surface area contributed by atoms with E-state index in [1.54, 1.807) is 31.6 Å². The number of fused-ring (bicyclic) bond motifs is 3. The molecule has 2 N–H and O–H groups in total. The quantitative estimate of drug-likeness (QED) is 0.558. The van der Waals surface area contributed by atoms with Crippen LogP contribution < -0.4 is 10.6 Å². The van der Waals surface area contributed by atoms with Gasteiger partial charge in [0, 0.05) is 49.4 Å². The molecule has 5 rings (SSSR count). The molecular weight excluding hydrogens is 449 g/mol. The first-order valence-electron chi connectivity index (χ1n) is 11.3. The van der Waals surface area contributed by atoms with Crippen molar-refractivity contribution in [3.63, 3.8) is 0 Å². The van der Waals surface area contributed by atoms with Gasteiger partial charge < -0.3 is 14.6 Å². The zero-order chi connectivity index (χ0) is 23.9. The summed E-state index contributed by atoms with van der Waals surface area (Å²) in [5.74, 6) is 1.53. The van der Waals surface area contributed by atoms with Crippen LogP contribution in [-0.2, 0) is 0 Å². The number of carbonyl (C=O) groups excluding carboxylic acids is 1. The van der Waals surface area contributed by atoms with Crippen molar-refractivity contribution in [3.8, 4) is 11.5 Å². The predicted octanol–water partition coefficient (Wildman–Crippen LogP) is 4.66. The normalized spacial score (nSPS) is 22.4. The van der Waals surface area contributed by atoms with Crippen molar-refractivity contribution >= 4 is 22.6 Å². The third-order valence-electron chi connectivity index (χ3n) is 6.52. The number of amides is 2. The fraction of sp³-hybridized carbons (Fsp3) is 0.478. The van der Waals surface area contributed by atoms with Crippen LogP contribution in [0.5, 0.6) is 0 Å². The number of oxazole rings is 1. The van der Waals surface area contributed by atoms with Crippen molar-refractivity contribution in [2.24, 2.45) is 0 Å². The minimum absolute atomic E-state index is 0.00616. The van der Waals surface area contributed by atoms with Crippen LogP contribution >= 0.6 is 0 Å². The fourth-order valence-electron chi connectivity index (χ4n) is 4.99. The average Bonchev–Trinajstić information content (AvgIpc) is 3.33. The highest BCUT2D eigenvalue weighted by atomic mass is 19.4. The lowest BCUT2D eigenvalue weighted by molar-refractivity contribution is -0.133. The van der Waals surface area contributed by atoms with Crippen molar-refractivity contribution in [1.82, 2.24) is 25.2 Å². The number of nitrogens with zero attached hydrogens (tertiary/aromatic N) is 4. The van der Waals surface area contributed by atoms with Gasteiger partial charge in [0.1, 0.15) is 11.5 Å². The highest BCUT2D eigenvalue weighted by Gasteiger charge is 2.43. The Kier molecular flexibility index (Phi) is 5.88. The van der Waals surface area contributed by atoms with Crippen molar-refractivity contribution < 1.29 is 22.4 Å². The molecule has 2 unspecified atom stereocenters. The highest BCUT2D eigenvalue weighted by Crippen LogP contribution is 2.36. The number of aromatic nitrogens is 3. The number of pyridine rings is 2. The number of carbonyl (C=O) groups is 1. The number of aryl methyl sites for hydroxylation is 1. The predicted molar refractivity (Wildman–Crippen MR) is 119 cm³/mol. The Morgan fingerprint density at radius 2 is 1.82 bits per heavy atom. The molecule has 0 radical (unpaired) electrons. The molecule has 2 aliphatic heterocycles. The standard InChI is InChI=1S/C23H25F3N6O2/c1-13-28-12-20(34-13)19-6-14-7-21(30-11-15(14)10-29-19)31-22(33)32-17-2-3-18(32)9-16(8-17)27-5-4-23(24,25)26/h6-7,10-12,16-18,27H,2-5,8-9H2,1H3,(H,30,31,33). The Balaban J connectivity index is 1.25. The van der Waals surface area contributed by atoms with Crippen molar-refractivity contribution in [1.29, 1.82) is 0 Å². The Morgan fingerprint density at radius 1 is 1.09 bits per heavy atom. The second-order valence-corrected chi connectivity index (χ2v) is 8.94. The Labute approximate surface area is 194 Å². The van der Waals surface area contributed by atoms with Gasteiger partial charge in [-0.1, -0.05) is 0 Å². The van der Waals surface area contributed by atoms with Crippen LogP contribution in [-0.4, -0.2) is 56.7 Å². The summed E-state index contributed by atoms with van der Waals surface area (Å²) in [6.07, 6.45) is 2.96. The summed E-state index contributed by atoms with van der Waals surface area (Å²) < 4.78 is 42.9. The zero-order valence-electron chi connectivity index (χ0n) is 18.6. The van der Waals surface area contributed by atoms with Crippen LogP contribution in [0.2, 0.25) is 0 Å². The molecule has 0 saturated carbocycles. The Hall–Kier alpha value is -3.21. The first kappa shape index (κ1) is 22.6. The zero-order valence-corrected chi connectivity index (χ0v) is 18.6. The van der Waals surface area contributed by atoms with E-state index in [-0.39, 0.29) is 30.7 Å². The molecule has 2 saturated heterocycles. The second-order valence-electron chi connectivity index (χ2n) is 8.94. The fourth-order valence-corrected chi connectivity index (χ4v) is 4.99. The monoisotopic (exact) mass is 474 g/mol. The van der Waals surface area contributed by atoms with Gasteiger partial charge in [-0.05, 0) is 43.2 Å². The summed E-state index contributed by atoms with van der Waals surface area (Å²) in [5, 5.41) is 7.59. The molecule has 11 heteroatoms. The third kappa shape index (κ3) is 4.84. The van der Waals surface area contributed by atoms with E-state index in [1.165, 1.54) is 0 Å². The van der Waals surface area contributed by atoms with Gasteiger partial charge in [0.05, 0.1) is 12.6 Å². The van der Waals surface area contributed by atoms with Gasteiger partial charge in [-0.3, -0.25) is 10.3 Å². The van der Waals surface area contributed by atoms with Crippen molar-refractivity contribution in [3.05, 3.63) is 36.6 Å². The number of nitrogens with one attached hydrogen (secondary N) is 2. The number of halogens is 3. The number of alkyl halides is 3. The first-order valence-corrected chi connectivity index (χ1v) is 11.3. The van der Waals surface area contributed by atoms with Crippen LogP contribution in [0.15, 0.2) is 35.1 Å². The number of anilines is 1. The number of hydrogen-bond donors (Lipinski definition) is 2. The second kappa shape index (κ2) is 8.86. The van der Waals surface area contributed by atoms with E-state index in [0.29, 0.717) is 36.0 Å². The molecule has 0 aliphatic carbocycles. The van der Waals surface area contributed by atoms with Gasteiger partial charge in [-0.25, -0.2) is 14.8 Å². The lowest BCUT2D eigenvalue weighted by Crippen LogP contribution is -2.53. The summed E-state index contributed by atoms with van der Waals surface area (Å²) >= 11 is 0. The molecule has 2 fully saturated rings. The van der Waals surface area contributed by atoms with E-state index < -0.39 is 12.6 Å². The smallest absolute Gasteiger partial charge is 0.390 e. The molecule has 34 heavy (non-hydrogen) atoms. The maximum Gasteiger partial charge on any atom is 0.390 e. The number of hydrogen-bond acceptors (Lipinski definition) is 6. The highest BCUT2D eigenvalue weighted by molar-refractivity contribution is 5.92. The van der Waals surface area contributed by atoms with Crippen LogP contribution in [0.4, 0.5) is 23.8 Å². The lowest BCUT2D eigenvalue weighted by atomic mass is 9.97. The number of rotatable bonds is 5. The molecule has 2 bridgehead atoms. The Morgan fingerprint density at radius 3 is 2.50 bits per heavy atom. The molecule has 3 aromatic rings. The van der Waals surface area contributed by atoms with Gasteiger partial charge in [-0.15, -0.1) is 0 Å². The summed E-state index contributed by atoms with van der Waals surface area (Å²) in [6, 6.07) is 3.42. The van der Waals surface area contributed by atoms with Crippen LogP contribution in [0.3, 0.4) is 0 Å². The SMILES string of the molecule is Cc1ncc(-c2cc3cc(NC(=O)N4C5CCC4CC(NCCC(F)(F)F)C5)ncc3cn2)o1. The first-order chi connectivity index (χ1) is 16.2. The van der Waals surface area contributed by atoms with E-state index in [1.807, 2.05) is 11.0 Å². The molecule has 2 atom stereocenters. The molecule has 0 spiro atoms. The largest absolute Gasteiger partial charge is 0.439 e. The van der Waals surface area contributed by atoms with E-state index in [9.17, 15) is 18.0 Å². The minimum atomic E-state index is -4.16. The number of urea groups is 1. The van der Waals surface area contributed by atoms with Crippen LogP contribution in [0.25, 0.3) is 22.2 Å². The summed E-state index contributed by atoms with van der Waals surface area (Å²) in [7, 11) is 0. The van der Waals surface area contributed by atoms with Crippen molar-refractivity contribution in [2.45, 2.75) is 63.3 Å². The molecule has 8 nitrogen and oxygen atoms in total. The minimum Gasteiger partial charge on any atom is -0.439 e. The van der Waals surface area contributed by atoms with Gasteiger partial charge in [0.25, 0.3) is 0 Å². The molecule has 3 aromatic heterocycles. The summed E-state index contributed by atoms with van der Waals surface area (Å²) in [6.45, 7) is 1.67. The third-order valence-corrected chi connectivity index (χ3v) is 6.52. The lowest BCUT2D eigenvalue weighted by Gasteiger charge is -2.39. The Bertz CT molecular complexity index is 1180. The molecule has 5 heterocycles. The van der Waals surface area contributed by atoms with E-state index in [0.717, 1.165) is 23.6 Å². The van der Waals surface area contributed by atoms with Crippen LogP contribution in [0, 0.1) is 6.92 Å². The average molecular weight is 474 g/mol. The molecule has 2 amide bonds. The van der Waals surface area contributed by atoms with E-state index >= 15 is 0 Å². The maximum absolute atomic E-state index is 13.1. The molecule has 2 aliphatic rings. The van der Waals surface area contributed by atoms with E-state index in [4.69, 9.17) is 4.42 Å². The molecular formula is C23H25F3N6O2. The summed E-state index contributed by atoms with van der Waals surface area (Å²) in [5.41, 5.74) is 0.634. The van der Waals surface area contributed by atoms with Crippen LogP contribution in [0.1, 0.15) is 38.0 Å². The van der Waals surface area contributed by atoms with E-state index in [2.05, 4.69) is 25.6 Å². The maximum atomic E-state index is 13.1. The molecule has 0 aromatic carbocycles. The van der Waals surface area contributed by atoms with Gasteiger partial charge in [-0.2, -0.15) is 13.2 Å². The molecule has 180 valence electrons. The summed E-state index contributed by atoms with van der Waals surface area (Å²) in [4.78, 5) is 27.7. The van der Waals surface area contributed by atoms with Crippen molar-refractivity contribution in [2.75, 3.05) is 11.9 Å². The number of piperidine rings is 1. The topological polar surface area (TPSA) is 96.2 Å². The van der Waals surface area contributed by atoms with Gasteiger partial charge in [0.2, 0.25) is 0 Å².